The molecule has 106 valence electrons. The fourth-order valence-electron chi connectivity index (χ4n) is 2.53. The minimum absolute atomic E-state index is 0.0752. The van der Waals surface area contributed by atoms with Crippen molar-refractivity contribution in [3.63, 3.8) is 0 Å². The van der Waals surface area contributed by atoms with Gasteiger partial charge in [0.2, 0.25) is 5.91 Å². The molecule has 0 saturated heterocycles. The van der Waals surface area contributed by atoms with Crippen molar-refractivity contribution in [1.82, 2.24) is 0 Å². The van der Waals surface area contributed by atoms with Crippen LogP contribution < -0.4 is 10.1 Å². The van der Waals surface area contributed by atoms with Gasteiger partial charge in [0, 0.05) is 16.8 Å². The van der Waals surface area contributed by atoms with E-state index in [0.29, 0.717) is 24.3 Å². The Bertz CT molecular complexity index is 681. The average Bonchev–Trinajstić information content (AvgIpc) is 2.54. The zero-order chi connectivity index (χ0) is 14.7. The van der Waals surface area contributed by atoms with Gasteiger partial charge >= 0.3 is 0 Å². The highest BCUT2D eigenvalue weighted by molar-refractivity contribution is 5.97. The summed E-state index contributed by atoms with van der Waals surface area (Å²) in [6.45, 7) is 0.531. The predicted molar refractivity (Wildman–Crippen MR) is 79.8 cm³/mol. The van der Waals surface area contributed by atoms with Crippen molar-refractivity contribution in [3.05, 3.63) is 59.7 Å². The smallest absolute Gasteiger partial charge is 0.232 e. The number of amides is 1. The van der Waals surface area contributed by atoms with Gasteiger partial charge in [0.25, 0.3) is 0 Å². The van der Waals surface area contributed by atoms with Crippen LogP contribution in [0.4, 0.5) is 5.69 Å². The second-order valence-electron chi connectivity index (χ2n) is 4.96. The van der Waals surface area contributed by atoms with E-state index in [2.05, 4.69) is 5.32 Å². The molecule has 3 rings (SSSR count). The second kappa shape index (κ2) is 5.79. The Morgan fingerprint density at radius 2 is 2.05 bits per heavy atom. The number of carbonyl (C=O) groups is 2. The Hall–Kier alpha value is -2.62. The largest absolute Gasteiger partial charge is 0.493 e. The van der Waals surface area contributed by atoms with E-state index >= 15 is 0 Å². The number of anilines is 1. The standard InChI is InChI=1S/C17H15NO3/c19-11-12-4-3-5-13(10-12)18-17(20)15-8-9-21-16-7-2-1-6-14(15)16/h1-7,10-11,15H,8-9H2,(H,18,20). The van der Waals surface area contributed by atoms with Crippen LogP contribution in [0.3, 0.4) is 0 Å². The third-order valence-electron chi connectivity index (χ3n) is 3.57. The molecule has 1 N–H and O–H groups in total. The summed E-state index contributed by atoms with van der Waals surface area (Å²) in [5, 5.41) is 2.87. The molecule has 1 aliphatic heterocycles. The minimum atomic E-state index is -0.227. The summed E-state index contributed by atoms with van der Waals surface area (Å²) in [6.07, 6.45) is 1.41. The Labute approximate surface area is 122 Å². The van der Waals surface area contributed by atoms with Crippen LogP contribution in [0.25, 0.3) is 0 Å². The molecule has 4 nitrogen and oxygen atoms in total. The number of benzene rings is 2. The van der Waals surface area contributed by atoms with Crippen LogP contribution in [0.1, 0.15) is 28.3 Å². The van der Waals surface area contributed by atoms with E-state index in [1.165, 1.54) is 0 Å². The molecule has 4 heteroatoms. The van der Waals surface area contributed by atoms with E-state index in [1.807, 2.05) is 24.3 Å². The van der Waals surface area contributed by atoms with Gasteiger partial charge in [-0.05, 0) is 24.6 Å². The van der Waals surface area contributed by atoms with Crippen molar-refractivity contribution in [1.29, 1.82) is 0 Å². The summed E-state index contributed by atoms with van der Waals surface area (Å²) in [7, 11) is 0. The monoisotopic (exact) mass is 281 g/mol. The van der Waals surface area contributed by atoms with Crippen LogP contribution in [0.5, 0.6) is 5.75 Å². The summed E-state index contributed by atoms with van der Waals surface area (Å²) in [6, 6.07) is 14.5. The van der Waals surface area contributed by atoms with Gasteiger partial charge in [0.15, 0.2) is 0 Å². The maximum Gasteiger partial charge on any atom is 0.232 e. The summed E-state index contributed by atoms with van der Waals surface area (Å²) in [5.74, 6) is 0.467. The quantitative estimate of drug-likeness (QED) is 0.880. The lowest BCUT2D eigenvalue weighted by atomic mass is 9.92. The Morgan fingerprint density at radius 3 is 2.90 bits per heavy atom. The highest BCUT2D eigenvalue weighted by Crippen LogP contribution is 2.34. The van der Waals surface area contributed by atoms with Gasteiger partial charge in [0.05, 0.1) is 12.5 Å². The van der Waals surface area contributed by atoms with E-state index in [-0.39, 0.29) is 11.8 Å². The molecule has 0 fully saturated rings. The summed E-state index contributed by atoms with van der Waals surface area (Å²) in [5.41, 5.74) is 2.08. The van der Waals surface area contributed by atoms with Gasteiger partial charge in [-0.1, -0.05) is 30.3 Å². The molecule has 0 saturated carbocycles. The highest BCUT2D eigenvalue weighted by atomic mass is 16.5. The van der Waals surface area contributed by atoms with Crippen molar-refractivity contribution in [2.24, 2.45) is 0 Å². The predicted octanol–water partition coefficient (Wildman–Crippen LogP) is 3.00. The highest BCUT2D eigenvalue weighted by Gasteiger charge is 2.27. The van der Waals surface area contributed by atoms with Gasteiger partial charge in [-0.2, -0.15) is 0 Å². The van der Waals surface area contributed by atoms with E-state index < -0.39 is 0 Å². The number of fused-ring (bicyclic) bond motifs is 1. The normalized spacial score (nSPS) is 16.5. The first-order valence-corrected chi connectivity index (χ1v) is 6.86. The van der Waals surface area contributed by atoms with Crippen molar-refractivity contribution >= 4 is 17.9 Å². The van der Waals surface area contributed by atoms with Crippen molar-refractivity contribution in [2.45, 2.75) is 12.3 Å². The number of ether oxygens (including phenoxy) is 1. The number of hydrogen-bond donors (Lipinski definition) is 1. The van der Waals surface area contributed by atoms with Gasteiger partial charge in [-0.15, -0.1) is 0 Å². The second-order valence-corrected chi connectivity index (χ2v) is 4.96. The number of hydrogen-bond acceptors (Lipinski definition) is 3. The number of aldehydes is 1. The van der Waals surface area contributed by atoms with E-state index in [0.717, 1.165) is 17.6 Å². The number of rotatable bonds is 3. The lowest BCUT2D eigenvalue weighted by Gasteiger charge is -2.25. The molecule has 21 heavy (non-hydrogen) atoms. The Morgan fingerprint density at radius 1 is 1.19 bits per heavy atom. The van der Waals surface area contributed by atoms with Crippen LogP contribution in [0.2, 0.25) is 0 Å². The Kier molecular flexibility index (Phi) is 3.69. The zero-order valence-corrected chi connectivity index (χ0v) is 11.4. The molecule has 1 aliphatic rings. The van der Waals surface area contributed by atoms with Crippen LogP contribution in [0.15, 0.2) is 48.5 Å². The number of carbonyl (C=O) groups excluding carboxylic acids is 2. The molecule has 2 aromatic rings. The summed E-state index contributed by atoms with van der Waals surface area (Å²) >= 11 is 0. The van der Waals surface area contributed by atoms with Gasteiger partial charge in [-0.25, -0.2) is 0 Å². The molecule has 0 aliphatic carbocycles. The number of nitrogens with one attached hydrogen (secondary N) is 1. The van der Waals surface area contributed by atoms with Gasteiger partial charge in [0.1, 0.15) is 12.0 Å². The van der Waals surface area contributed by atoms with E-state index in [1.54, 1.807) is 24.3 Å². The molecule has 1 unspecified atom stereocenters. The molecule has 0 spiro atoms. The lowest BCUT2D eigenvalue weighted by Crippen LogP contribution is -2.26. The number of para-hydroxylation sites is 1. The van der Waals surface area contributed by atoms with Crippen LogP contribution in [0, 0.1) is 0 Å². The molecule has 0 radical (unpaired) electrons. The van der Waals surface area contributed by atoms with E-state index in [9.17, 15) is 9.59 Å². The fourth-order valence-corrected chi connectivity index (χ4v) is 2.53. The first-order chi connectivity index (χ1) is 10.3. The van der Waals surface area contributed by atoms with Crippen LogP contribution in [-0.4, -0.2) is 18.8 Å². The minimum Gasteiger partial charge on any atom is -0.493 e. The van der Waals surface area contributed by atoms with Gasteiger partial charge in [-0.3, -0.25) is 9.59 Å². The Balaban J connectivity index is 1.81. The molecular weight excluding hydrogens is 266 g/mol. The third kappa shape index (κ3) is 2.79. The van der Waals surface area contributed by atoms with Crippen molar-refractivity contribution < 1.29 is 14.3 Å². The maximum atomic E-state index is 12.5. The molecule has 1 heterocycles. The first-order valence-electron chi connectivity index (χ1n) is 6.86. The summed E-state index contributed by atoms with van der Waals surface area (Å²) < 4.78 is 5.56. The zero-order valence-electron chi connectivity index (χ0n) is 11.4. The molecular formula is C17H15NO3. The molecule has 2 aromatic carbocycles. The van der Waals surface area contributed by atoms with Crippen molar-refractivity contribution in [3.8, 4) is 5.75 Å². The SMILES string of the molecule is O=Cc1cccc(NC(=O)C2CCOc3ccccc32)c1. The molecule has 0 bridgehead atoms. The molecule has 1 amide bonds. The summed E-state index contributed by atoms with van der Waals surface area (Å²) in [4.78, 5) is 23.3. The fraction of sp³-hybridized carbons (Fsp3) is 0.176. The maximum absolute atomic E-state index is 12.5. The van der Waals surface area contributed by atoms with E-state index in [4.69, 9.17) is 4.74 Å². The van der Waals surface area contributed by atoms with Crippen molar-refractivity contribution in [2.75, 3.05) is 11.9 Å². The molecule has 1 atom stereocenters. The molecule has 0 aromatic heterocycles. The van der Waals surface area contributed by atoms with Crippen LogP contribution in [-0.2, 0) is 4.79 Å². The topological polar surface area (TPSA) is 55.4 Å². The lowest BCUT2D eigenvalue weighted by molar-refractivity contribution is -0.118. The van der Waals surface area contributed by atoms with Gasteiger partial charge < -0.3 is 10.1 Å². The third-order valence-corrected chi connectivity index (χ3v) is 3.57. The first kappa shape index (κ1) is 13.4. The van der Waals surface area contributed by atoms with Crippen LogP contribution >= 0.6 is 0 Å². The average molecular weight is 281 g/mol.